The fourth-order valence-corrected chi connectivity index (χ4v) is 3.06. The lowest BCUT2D eigenvalue weighted by atomic mass is 10.2. The number of rotatable bonds is 11. The predicted molar refractivity (Wildman–Crippen MR) is 127 cm³/mol. The van der Waals surface area contributed by atoms with Crippen LogP contribution >= 0.6 is 0 Å². The fourth-order valence-electron chi connectivity index (χ4n) is 3.06. The first-order valence-electron chi connectivity index (χ1n) is 10.6. The molecular formula is C25H27N3O6. The van der Waals surface area contributed by atoms with Gasteiger partial charge in [0.25, 0.3) is 0 Å². The Bertz CT molecular complexity index is 1060. The molecule has 0 radical (unpaired) electrons. The second-order valence-electron chi connectivity index (χ2n) is 7.40. The first-order valence-corrected chi connectivity index (χ1v) is 10.6. The summed E-state index contributed by atoms with van der Waals surface area (Å²) in [6.45, 7) is 0.700. The lowest BCUT2D eigenvalue weighted by Crippen LogP contribution is -2.37. The maximum absolute atomic E-state index is 12.6. The molecule has 1 amide bonds. The summed E-state index contributed by atoms with van der Waals surface area (Å²) in [4.78, 5) is 31.2. The Morgan fingerprint density at radius 2 is 1.62 bits per heavy atom. The van der Waals surface area contributed by atoms with E-state index in [-0.39, 0.29) is 6.54 Å². The smallest absolute Gasteiger partial charge is 0.416 e. The second-order valence-corrected chi connectivity index (χ2v) is 7.40. The number of carboxylic acid groups (broad SMARTS) is 1. The number of nitrogens with zero attached hydrogens (tertiary/aromatic N) is 3. The van der Waals surface area contributed by atoms with E-state index < -0.39 is 18.6 Å². The zero-order valence-electron chi connectivity index (χ0n) is 19.1. The monoisotopic (exact) mass is 465 g/mol. The third kappa shape index (κ3) is 7.40. The van der Waals surface area contributed by atoms with Crippen molar-refractivity contribution in [1.29, 1.82) is 0 Å². The quantitative estimate of drug-likeness (QED) is 0.458. The summed E-state index contributed by atoms with van der Waals surface area (Å²) in [5.74, 6) is 1.31. The molecule has 0 fully saturated rings. The van der Waals surface area contributed by atoms with Crippen LogP contribution in [0.15, 0.2) is 72.9 Å². The molecule has 0 aliphatic carbocycles. The van der Waals surface area contributed by atoms with Crippen LogP contribution in [-0.4, -0.2) is 60.9 Å². The van der Waals surface area contributed by atoms with Gasteiger partial charge in [-0.25, -0.2) is 9.78 Å². The molecule has 178 valence electrons. The van der Waals surface area contributed by atoms with Gasteiger partial charge in [0.1, 0.15) is 36.2 Å². The average Bonchev–Trinajstić information content (AvgIpc) is 2.85. The van der Waals surface area contributed by atoms with Gasteiger partial charge < -0.3 is 24.2 Å². The number of hydrogen-bond acceptors (Lipinski definition) is 7. The first-order chi connectivity index (χ1) is 16.4. The van der Waals surface area contributed by atoms with E-state index in [1.54, 1.807) is 54.7 Å². The molecule has 0 saturated carbocycles. The predicted octanol–water partition coefficient (Wildman–Crippen LogP) is 3.69. The number of benzene rings is 2. The molecule has 1 N–H and O–H groups in total. The molecule has 0 bridgehead atoms. The molecule has 34 heavy (non-hydrogen) atoms. The van der Waals surface area contributed by atoms with Crippen molar-refractivity contribution >= 4 is 17.9 Å². The number of aliphatic carboxylic acids is 1. The molecule has 3 aromatic rings. The zero-order chi connectivity index (χ0) is 24.3. The molecule has 9 nitrogen and oxygen atoms in total. The molecule has 0 atom stereocenters. The summed E-state index contributed by atoms with van der Waals surface area (Å²) < 4.78 is 16.2. The molecule has 9 heteroatoms. The summed E-state index contributed by atoms with van der Waals surface area (Å²) in [5.41, 5.74) is 0.742. The summed E-state index contributed by atoms with van der Waals surface area (Å²) in [6.07, 6.45) is 0.983. The van der Waals surface area contributed by atoms with Gasteiger partial charge in [0.2, 0.25) is 0 Å². The summed E-state index contributed by atoms with van der Waals surface area (Å²) in [5, 5.41) is 9.22. The number of aromatic nitrogens is 1. The zero-order valence-corrected chi connectivity index (χ0v) is 19.1. The highest BCUT2D eigenvalue weighted by Crippen LogP contribution is 2.19. The van der Waals surface area contributed by atoms with Crippen molar-refractivity contribution in [2.45, 2.75) is 6.54 Å². The SMILES string of the molecule is COc1ccc(OC(=O)N(CC(=O)O)Cc2ccc(OCCN(C)c3ccccn3)cc2)cc1. The third-order valence-electron chi connectivity index (χ3n) is 4.88. The molecule has 0 unspecified atom stereocenters. The Kier molecular flexibility index (Phi) is 8.67. The number of carbonyl (C=O) groups is 2. The average molecular weight is 466 g/mol. The summed E-state index contributed by atoms with van der Waals surface area (Å²) in [7, 11) is 3.48. The van der Waals surface area contributed by atoms with Gasteiger partial charge in [-0.05, 0) is 54.1 Å². The number of amides is 1. The van der Waals surface area contributed by atoms with Crippen molar-refractivity contribution in [2.75, 3.05) is 38.8 Å². The molecule has 0 aliphatic rings. The maximum Gasteiger partial charge on any atom is 0.416 e. The van der Waals surface area contributed by atoms with Crippen molar-refractivity contribution in [3.8, 4) is 17.2 Å². The largest absolute Gasteiger partial charge is 0.497 e. The summed E-state index contributed by atoms with van der Waals surface area (Å²) >= 11 is 0. The second kappa shape index (κ2) is 12.1. The van der Waals surface area contributed by atoms with Gasteiger partial charge in [-0.1, -0.05) is 18.2 Å². The molecule has 3 rings (SSSR count). The Balaban J connectivity index is 1.54. The minimum Gasteiger partial charge on any atom is -0.497 e. The molecule has 1 aromatic heterocycles. The lowest BCUT2D eigenvalue weighted by molar-refractivity contribution is -0.138. The van der Waals surface area contributed by atoms with Crippen molar-refractivity contribution in [3.05, 3.63) is 78.5 Å². The van der Waals surface area contributed by atoms with E-state index in [1.807, 2.05) is 30.1 Å². The van der Waals surface area contributed by atoms with E-state index in [4.69, 9.17) is 14.2 Å². The highest BCUT2D eigenvalue weighted by atomic mass is 16.6. The van der Waals surface area contributed by atoms with Crippen molar-refractivity contribution in [3.63, 3.8) is 0 Å². The van der Waals surface area contributed by atoms with E-state index in [2.05, 4.69) is 4.98 Å². The Labute approximate surface area is 198 Å². The highest BCUT2D eigenvalue weighted by Gasteiger charge is 2.19. The molecular weight excluding hydrogens is 438 g/mol. The Morgan fingerprint density at radius 1 is 0.941 bits per heavy atom. The van der Waals surface area contributed by atoms with Crippen LogP contribution in [0.2, 0.25) is 0 Å². The van der Waals surface area contributed by atoms with E-state index in [0.29, 0.717) is 30.4 Å². The van der Waals surface area contributed by atoms with Crippen molar-refractivity contribution in [2.24, 2.45) is 0 Å². The van der Waals surface area contributed by atoms with Gasteiger partial charge in [0.15, 0.2) is 0 Å². The number of hydrogen-bond donors (Lipinski definition) is 1. The summed E-state index contributed by atoms with van der Waals surface area (Å²) in [6, 6.07) is 19.3. The Morgan fingerprint density at radius 3 is 2.24 bits per heavy atom. The van der Waals surface area contributed by atoms with Gasteiger partial charge in [-0.3, -0.25) is 9.69 Å². The van der Waals surface area contributed by atoms with Crippen LogP contribution in [0.5, 0.6) is 17.2 Å². The van der Waals surface area contributed by atoms with E-state index in [1.165, 1.54) is 7.11 Å². The Hall–Kier alpha value is -4.27. The van der Waals surface area contributed by atoms with Crippen LogP contribution in [-0.2, 0) is 11.3 Å². The topological polar surface area (TPSA) is 101 Å². The molecule has 0 aliphatic heterocycles. The van der Waals surface area contributed by atoms with Crippen LogP contribution in [0.25, 0.3) is 0 Å². The van der Waals surface area contributed by atoms with Crippen LogP contribution in [0.4, 0.5) is 10.6 Å². The van der Waals surface area contributed by atoms with Gasteiger partial charge >= 0.3 is 12.1 Å². The van der Waals surface area contributed by atoms with Crippen LogP contribution in [0.3, 0.4) is 0 Å². The van der Waals surface area contributed by atoms with Crippen LogP contribution in [0, 0.1) is 0 Å². The van der Waals surface area contributed by atoms with Gasteiger partial charge in [-0.2, -0.15) is 0 Å². The van der Waals surface area contributed by atoms with E-state index in [9.17, 15) is 14.7 Å². The molecule has 2 aromatic carbocycles. The molecule has 0 spiro atoms. The van der Waals surface area contributed by atoms with Crippen LogP contribution in [0.1, 0.15) is 5.56 Å². The van der Waals surface area contributed by atoms with E-state index >= 15 is 0 Å². The van der Waals surface area contributed by atoms with Crippen LogP contribution < -0.4 is 19.1 Å². The number of carbonyl (C=O) groups excluding carboxylic acids is 1. The van der Waals surface area contributed by atoms with Gasteiger partial charge in [0, 0.05) is 19.8 Å². The number of pyridine rings is 1. The molecule has 0 saturated heterocycles. The van der Waals surface area contributed by atoms with Crippen molar-refractivity contribution < 1.29 is 28.9 Å². The van der Waals surface area contributed by atoms with E-state index in [0.717, 1.165) is 16.3 Å². The lowest BCUT2D eigenvalue weighted by Gasteiger charge is -2.20. The van der Waals surface area contributed by atoms with Gasteiger partial charge in [0.05, 0.1) is 13.7 Å². The number of methoxy groups -OCH3 is 1. The minimum atomic E-state index is -1.14. The van der Waals surface area contributed by atoms with Crippen molar-refractivity contribution in [1.82, 2.24) is 9.88 Å². The van der Waals surface area contributed by atoms with Gasteiger partial charge in [-0.15, -0.1) is 0 Å². The number of carboxylic acids is 1. The third-order valence-corrected chi connectivity index (χ3v) is 4.88. The molecule has 1 heterocycles. The minimum absolute atomic E-state index is 0.0734. The maximum atomic E-state index is 12.6. The standard InChI is InChI=1S/C25H27N3O6/c1-27(23-5-3-4-14-26-23)15-16-33-21-8-6-19(7-9-21)17-28(18-24(29)30)25(31)34-22-12-10-20(32-2)11-13-22/h3-14H,15-18H2,1-2H3,(H,29,30). The number of likely N-dealkylation sites (N-methyl/N-ethyl adjacent to an activating group) is 1. The first kappa shape index (κ1) is 24.4. The highest BCUT2D eigenvalue weighted by molar-refractivity contribution is 5.78. The number of ether oxygens (including phenoxy) is 3. The number of anilines is 1. The fraction of sp³-hybridized carbons (Fsp3) is 0.240. The normalized spacial score (nSPS) is 10.3.